The molecule has 198 valence electrons. The third-order valence-corrected chi connectivity index (χ3v) is 9.18. The maximum absolute atomic E-state index is 14.6. The summed E-state index contributed by atoms with van der Waals surface area (Å²) in [6, 6.07) is 14.3. The minimum Gasteiger partial charge on any atom is -0.385 e. The van der Waals surface area contributed by atoms with Crippen LogP contribution < -0.4 is 0 Å². The van der Waals surface area contributed by atoms with Crippen LogP contribution in [0.3, 0.4) is 0 Å². The number of aromatic amines is 2. The van der Waals surface area contributed by atoms with Gasteiger partial charge in [0.2, 0.25) is 5.96 Å². The summed E-state index contributed by atoms with van der Waals surface area (Å²) in [5.41, 5.74) is -0.808. The molecule has 4 aromatic rings. The van der Waals surface area contributed by atoms with Crippen LogP contribution in [0, 0.1) is 5.41 Å². The lowest BCUT2D eigenvalue weighted by atomic mass is 9.57. The van der Waals surface area contributed by atoms with E-state index in [1.54, 1.807) is 20.3 Å². The van der Waals surface area contributed by atoms with E-state index in [9.17, 15) is 19.5 Å². The molecule has 11 heteroatoms. The fraction of sp³-hybridized carbons (Fsp3) is 0.286. The summed E-state index contributed by atoms with van der Waals surface area (Å²) in [6.45, 7) is 0. The van der Waals surface area contributed by atoms with E-state index in [2.05, 4.69) is 9.97 Å². The Balaban J connectivity index is 1.72. The molecule has 2 fully saturated rings. The number of nitrogens with zero attached hydrogens (tertiary/aromatic N) is 4. The number of fused-ring (bicyclic) bond motifs is 5. The summed E-state index contributed by atoms with van der Waals surface area (Å²) in [4.78, 5) is 54.3. The molecular weight excluding hydrogens is 498 g/mol. The van der Waals surface area contributed by atoms with Crippen LogP contribution in [0.4, 0.5) is 4.79 Å². The third kappa shape index (κ3) is 2.34. The smallest absolute Gasteiger partial charge is 0.327 e. The molecule has 2 aliphatic heterocycles. The van der Waals surface area contributed by atoms with Crippen molar-refractivity contribution in [3.8, 4) is 0 Å². The Hall–Kier alpha value is -4.64. The number of aliphatic hydroxyl groups is 1. The number of aliphatic hydroxyl groups excluding tert-OH is 1. The van der Waals surface area contributed by atoms with Crippen LogP contribution in [0.2, 0.25) is 0 Å². The van der Waals surface area contributed by atoms with Crippen molar-refractivity contribution in [3.05, 3.63) is 71.5 Å². The van der Waals surface area contributed by atoms with Gasteiger partial charge in [0.25, 0.3) is 11.8 Å². The summed E-state index contributed by atoms with van der Waals surface area (Å²) in [5.74, 6) is -2.27. The number of carbonyl (C=O) groups is 3. The number of imide groups is 1. The molecule has 4 atom stereocenters. The number of carbonyl (C=O) groups excluding carboxylic acids is 3. The van der Waals surface area contributed by atoms with Crippen molar-refractivity contribution in [1.82, 2.24) is 29.6 Å². The van der Waals surface area contributed by atoms with Gasteiger partial charge in [0.1, 0.15) is 6.10 Å². The summed E-state index contributed by atoms with van der Waals surface area (Å²) in [6.07, 6.45) is 0.296. The number of para-hydroxylation sites is 2. The number of rotatable bonds is 1. The second-order valence-electron chi connectivity index (χ2n) is 10.6. The average molecular weight is 526 g/mol. The van der Waals surface area contributed by atoms with Crippen molar-refractivity contribution in [1.29, 1.82) is 5.41 Å². The molecule has 2 saturated heterocycles. The van der Waals surface area contributed by atoms with Gasteiger partial charge in [0.05, 0.1) is 11.6 Å². The molecule has 2 spiro atoms. The molecule has 4 N–H and O–H groups in total. The number of H-pyrrole nitrogens is 2. The minimum atomic E-state index is -1.83. The van der Waals surface area contributed by atoms with E-state index in [1.165, 1.54) is 28.8 Å². The van der Waals surface area contributed by atoms with Crippen LogP contribution in [0.1, 0.15) is 28.8 Å². The fourth-order valence-electron chi connectivity index (χ4n) is 7.36. The van der Waals surface area contributed by atoms with Crippen molar-refractivity contribution < 1.29 is 19.5 Å². The Bertz CT molecular complexity index is 1770. The first-order valence-corrected chi connectivity index (χ1v) is 12.6. The van der Waals surface area contributed by atoms with Crippen LogP contribution in [0.15, 0.2) is 54.7 Å². The maximum atomic E-state index is 14.6. The molecule has 4 unspecified atom stereocenters. The maximum Gasteiger partial charge on any atom is 0.327 e. The number of nitrogens with one attached hydrogen (secondary N) is 3. The van der Waals surface area contributed by atoms with E-state index in [1.807, 2.05) is 48.5 Å². The van der Waals surface area contributed by atoms with Crippen molar-refractivity contribution >= 4 is 45.6 Å². The van der Waals surface area contributed by atoms with Gasteiger partial charge in [-0.05, 0) is 17.7 Å². The number of hydrogen-bond donors (Lipinski definition) is 4. The quantitative estimate of drug-likeness (QED) is 0.282. The largest absolute Gasteiger partial charge is 0.385 e. The summed E-state index contributed by atoms with van der Waals surface area (Å²) < 4.78 is 0. The van der Waals surface area contributed by atoms with Crippen molar-refractivity contribution in [2.45, 2.75) is 23.1 Å². The van der Waals surface area contributed by atoms with Crippen LogP contribution in [0.5, 0.6) is 0 Å². The predicted molar refractivity (Wildman–Crippen MR) is 143 cm³/mol. The van der Waals surface area contributed by atoms with Gasteiger partial charge < -0.3 is 24.9 Å². The highest BCUT2D eigenvalue weighted by atomic mass is 16.3. The lowest BCUT2D eigenvalue weighted by Crippen LogP contribution is -2.69. The first kappa shape index (κ1) is 23.5. The summed E-state index contributed by atoms with van der Waals surface area (Å²) in [7, 11) is 6.06. The summed E-state index contributed by atoms with van der Waals surface area (Å²) >= 11 is 0. The second kappa shape index (κ2) is 7.26. The van der Waals surface area contributed by atoms with E-state index >= 15 is 0 Å². The van der Waals surface area contributed by atoms with E-state index in [4.69, 9.17) is 5.41 Å². The Morgan fingerprint density at radius 2 is 1.49 bits per heavy atom. The van der Waals surface area contributed by atoms with Gasteiger partial charge in [-0.25, -0.2) is 4.79 Å². The van der Waals surface area contributed by atoms with Gasteiger partial charge in [-0.15, -0.1) is 0 Å². The van der Waals surface area contributed by atoms with E-state index in [-0.39, 0.29) is 5.96 Å². The van der Waals surface area contributed by atoms with Crippen molar-refractivity contribution in [2.24, 2.45) is 0 Å². The van der Waals surface area contributed by atoms with Crippen molar-refractivity contribution in [3.63, 3.8) is 0 Å². The number of hydrogen-bond acceptors (Lipinski definition) is 5. The Labute approximate surface area is 223 Å². The molecule has 7 rings (SSSR count). The topological polar surface area (TPSA) is 140 Å². The molecule has 4 amide bonds. The first-order chi connectivity index (χ1) is 18.6. The highest BCUT2D eigenvalue weighted by Crippen LogP contribution is 2.64. The molecule has 3 aliphatic rings. The van der Waals surface area contributed by atoms with E-state index < -0.39 is 40.9 Å². The molecule has 39 heavy (non-hydrogen) atoms. The number of likely N-dealkylation sites (N-methyl/N-ethyl adjacent to an activating group) is 4. The fourth-order valence-corrected chi connectivity index (χ4v) is 7.36. The molecule has 11 nitrogen and oxygen atoms in total. The molecule has 0 bridgehead atoms. The zero-order chi connectivity index (χ0) is 27.6. The first-order valence-electron chi connectivity index (χ1n) is 12.6. The monoisotopic (exact) mass is 525 g/mol. The van der Waals surface area contributed by atoms with Gasteiger partial charge >= 0.3 is 6.03 Å². The lowest BCUT2D eigenvalue weighted by Gasteiger charge is -2.54. The van der Waals surface area contributed by atoms with Crippen LogP contribution in [-0.2, 0) is 15.1 Å². The Morgan fingerprint density at radius 1 is 0.846 bits per heavy atom. The molecule has 0 radical (unpaired) electrons. The Morgan fingerprint density at radius 3 is 2.10 bits per heavy atom. The zero-order valence-corrected chi connectivity index (χ0v) is 21.8. The number of benzene rings is 2. The van der Waals surface area contributed by atoms with Crippen LogP contribution in [0.25, 0.3) is 21.8 Å². The van der Waals surface area contributed by atoms with Gasteiger partial charge in [-0.1, -0.05) is 36.4 Å². The van der Waals surface area contributed by atoms with Crippen LogP contribution in [-0.4, -0.2) is 92.2 Å². The van der Waals surface area contributed by atoms with E-state index in [0.29, 0.717) is 27.7 Å². The van der Waals surface area contributed by atoms with E-state index in [0.717, 1.165) is 15.8 Å². The minimum absolute atomic E-state index is 0.116. The zero-order valence-electron chi connectivity index (χ0n) is 21.8. The SMILES string of the molecule is CN1C(=O)N(C)C2(C1=O)c1[nH]c3ccccc3c1C(O)C1(C(=O)N(C)C(=N)N1C)C2c1c[nH]c2ccccc12. The van der Waals surface area contributed by atoms with Crippen molar-refractivity contribution in [2.75, 3.05) is 28.2 Å². The molecule has 2 aromatic heterocycles. The summed E-state index contributed by atoms with van der Waals surface area (Å²) in [5, 5.41) is 22.6. The number of guanidine groups is 1. The molecule has 0 saturated carbocycles. The predicted octanol–water partition coefficient (Wildman–Crippen LogP) is 2.28. The van der Waals surface area contributed by atoms with Gasteiger partial charge in [-0.3, -0.25) is 24.8 Å². The third-order valence-electron chi connectivity index (χ3n) is 9.18. The van der Waals surface area contributed by atoms with Gasteiger partial charge in [0, 0.05) is 61.8 Å². The van der Waals surface area contributed by atoms with Crippen LogP contribution >= 0.6 is 0 Å². The molecule has 1 aliphatic carbocycles. The highest BCUT2D eigenvalue weighted by molar-refractivity contribution is 6.14. The normalized spacial score (nSPS) is 28.8. The molecule has 2 aromatic carbocycles. The Kier molecular flexibility index (Phi) is 4.37. The second-order valence-corrected chi connectivity index (χ2v) is 10.6. The number of aromatic nitrogens is 2. The molecule has 4 heterocycles. The van der Waals surface area contributed by atoms with Gasteiger partial charge in [0.15, 0.2) is 11.1 Å². The number of urea groups is 1. The number of amides is 4. The van der Waals surface area contributed by atoms with Gasteiger partial charge in [-0.2, -0.15) is 0 Å². The molecular formula is C28H27N7O4. The lowest BCUT2D eigenvalue weighted by molar-refractivity contribution is -0.151. The highest BCUT2D eigenvalue weighted by Gasteiger charge is 2.77. The standard InChI is InChI=1S/C28H27N7O4/c1-32-24(38)28(34(3)25(32)29)20(16-13-30-17-11-7-5-9-14(16)17)27(23(37)33(2)26(39)35(27)4)21-19(22(28)36)15-10-6-8-12-18(15)31-21/h5-13,20,22,29-31,36H,1-4H3. The average Bonchev–Trinajstić information content (AvgIpc) is 3.63.